The van der Waals surface area contributed by atoms with Crippen LogP contribution in [0.1, 0.15) is 37.1 Å². The van der Waals surface area contributed by atoms with Crippen LogP contribution in [0.2, 0.25) is 0 Å². The quantitative estimate of drug-likeness (QED) is 0.587. The predicted molar refractivity (Wildman–Crippen MR) is 109 cm³/mol. The molecule has 1 N–H and O–H groups in total. The summed E-state index contributed by atoms with van der Waals surface area (Å²) >= 11 is 0. The molecule has 174 valence electrons. The highest BCUT2D eigenvalue weighted by atomic mass is 19.1. The number of hydrogen-bond acceptors (Lipinski definition) is 7. The minimum Gasteiger partial charge on any atom is -0.493 e. The number of ether oxygens (including phenoxy) is 2. The average Bonchev–Trinajstić information content (AvgIpc) is 3.38. The molecule has 1 aromatic heterocycles. The minimum atomic E-state index is -1.28. The third kappa shape index (κ3) is 5.35. The van der Waals surface area contributed by atoms with Gasteiger partial charge < -0.3 is 24.0 Å². The van der Waals surface area contributed by atoms with Crippen molar-refractivity contribution >= 4 is 12.0 Å². The van der Waals surface area contributed by atoms with Gasteiger partial charge in [0.1, 0.15) is 24.0 Å². The Labute approximate surface area is 184 Å². The molecule has 10 heteroatoms. The largest absolute Gasteiger partial charge is 0.493 e. The number of methoxy groups -OCH3 is 1. The summed E-state index contributed by atoms with van der Waals surface area (Å²) in [5.41, 5.74) is -0.450. The number of nitrogens with zero attached hydrogens (tertiary/aromatic N) is 3. The maximum atomic E-state index is 14.0. The van der Waals surface area contributed by atoms with Crippen LogP contribution in [0, 0.1) is 29.4 Å². The number of carboxylic acids is 1. The zero-order valence-corrected chi connectivity index (χ0v) is 17.9. The van der Waals surface area contributed by atoms with Crippen LogP contribution in [0.4, 0.5) is 14.8 Å². The van der Waals surface area contributed by atoms with E-state index in [1.807, 2.05) is 0 Å². The van der Waals surface area contributed by atoms with Crippen LogP contribution in [0.3, 0.4) is 0 Å². The molecule has 0 unspecified atom stereocenters. The second kappa shape index (κ2) is 9.81. The van der Waals surface area contributed by atoms with Crippen LogP contribution < -0.4 is 9.64 Å². The molecular formula is C22H27F2N3O5. The van der Waals surface area contributed by atoms with Crippen molar-refractivity contribution in [1.29, 1.82) is 0 Å². The monoisotopic (exact) mass is 451 g/mol. The highest BCUT2D eigenvalue weighted by molar-refractivity contribution is 5.70. The van der Waals surface area contributed by atoms with Gasteiger partial charge in [0.2, 0.25) is 0 Å². The van der Waals surface area contributed by atoms with E-state index in [9.17, 15) is 13.6 Å². The molecule has 0 amide bonds. The normalized spacial score (nSPS) is 21.0. The van der Waals surface area contributed by atoms with Crippen molar-refractivity contribution in [1.82, 2.24) is 10.1 Å². The molecule has 1 aromatic carbocycles. The van der Waals surface area contributed by atoms with Gasteiger partial charge in [0.05, 0.1) is 13.0 Å². The van der Waals surface area contributed by atoms with Gasteiger partial charge in [-0.3, -0.25) is 4.79 Å². The Kier molecular flexibility index (Phi) is 6.88. The van der Waals surface area contributed by atoms with E-state index in [4.69, 9.17) is 19.1 Å². The smallest absolute Gasteiger partial charge is 0.324 e. The maximum absolute atomic E-state index is 14.0. The van der Waals surface area contributed by atoms with E-state index in [-0.39, 0.29) is 5.75 Å². The van der Waals surface area contributed by atoms with E-state index < -0.39 is 29.6 Å². The molecule has 4 rings (SSSR count). The summed E-state index contributed by atoms with van der Waals surface area (Å²) in [5.74, 6) is -0.584. The van der Waals surface area contributed by atoms with E-state index in [1.54, 1.807) is 7.11 Å². The Morgan fingerprint density at radius 2 is 2.00 bits per heavy atom. The van der Waals surface area contributed by atoms with Crippen LogP contribution in [0.5, 0.6) is 5.75 Å². The molecule has 2 atom stereocenters. The molecule has 1 aliphatic heterocycles. The van der Waals surface area contributed by atoms with Gasteiger partial charge in [0, 0.05) is 37.9 Å². The lowest BCUT2D eigenvalue weighted by Crippen LogP contribution is -2.34. The van der Waals surface area contributed by atoms with Gasteiger partial charge in [-0.15, -0.1) is 0 Å². The molecule has 32 heavy (non-hydrogen) atoms. The molecule has 1 saturated carbocycles. The zero-order valence-electron chi connectivity index (χ0n) is 17.9. The highest BCUT2D eigenvalue weighted by Gasteiger charge is 2.43. The predicted octanol–water partition coefficient (Wildman–Crippen LogP) is 3.44. The number of rotatable bonds is 10. The average molecular weight is 451 g/mol. The van der Waals surface area contributed by atoms with Gasteiger partial charge in [-0.1, -0.05) is 5.16 Å². The van der Waals surface area contributed by atoms with Crippen LogP contribution in [-0.2, 0) is 22.6 Å². The molecular weight excluding hydrogens is 424 g/mol. The van der Waals surface area contributed by atoms with Gasteiger partial charge in [-0.25, -0.2) is 8.78 Å². The Morgan fingerprint density at radius 1 is 1.28 bits per heavy atom. The molecule has 8 nitrogen and oxygen atoms in total. The van der Waals surface area contributed by atoms with Crippen LogP contribution >= 0.6 is 0 Å². The van der Waals surface area contributed by atoms with Gasteiger partial charge in [0.25, 0.3) is 0 Å². The standard InChI is InChI=1S/C22H27F2N3O5/c1-30-12-20-25-22(32-26-20)27-5-2-13(3-6-27)16-8-14(16)4-7-31-15-9-18(23)17(11-21(28)29)19(24)10-15/h9-10,13-14,16H,2-8,11-12H2,1H3,(H,28,29)/t14-,16-/m1/s1. The van der Waals surface area contributed by atoms with E-state index in [2.05, 4.69) is 15.0 Å². The molecule has 2 aromatic rings. The number of anilines is 1. The fourth-order valence-corrected chi connectivity index (χ4v) is 4.57. The van der Waals surface area contributed by atoms with Crippen molar-refractivity contribution in [2.75, 3.05) is 31.7 Å². The van der Waals surface area contributed by atoms with Crippen molar-refractivity contribution in [2.45, 2.75) is 38.7 Å². The Balaban J connectivity index is 1.19. The van der Waals surface area contributed by atoms with E-state index in [0.717, 1.165) is 50.9 Å². The first-order chi connectivity index (χ1) is 15.4. The molecule has 2 aliphatic rings. The fourth-order valence-electron chi connectivity index (χ4n) is 4.57. The van der Waals surface area contributed by atoms with Crippen molar-refractivity contribution in [3.63, 3.8) is 0 Å². The SMILES string of the molecule is COCc1noc(N2CCC([C@H]3C[C@H]3CCOc3cc(F)c(CC(=O)O)c(F)c3)CC2)n1. The van der Waals surface area contributed by atoms with Gasteiger partial charge in [0.15, 0.2) is 5.82 Å². The first-order valence-electron chi connectivity index (χ1n) is 10.8. The van der Waals surface area contributed by atoms with E-state index >= 15 is 0 Å². The summed E-state index contributed by atoms with van der Waals surface area (Å²) in [6.45, 7) is 2.46. The van der Waals surface area contributed by atoms with Crippen LogP contribution in [0.25, 0.3) is 0 Å². The molecule has 2 fully saturated rings. The second-order valence-corrected chi connectivity index (χ2v) is 8.48. The Hall–Kier alpha value is -2.75. The lowest BCUT2D eigenvalue weighted by atomic mass is 9.90. The number of aliphatic carboxylic acids is 1. The number of hydrogen-bond donors (Lipinski definition) is 1. The van der Waals surface area contributed by atoms with Crippen molar-refractivity contribution in [2.24, 2.45) is 17.8 Å². The number of carbonyl (C=O) groups is 1. The van der Waals surface area contributed by atoms with Gasteiger partial charge in [-0.2, -0.15) is 4.98 Å². The highest BCUT2D eigenvalue weighted by Crippen LogP contribution is 2.50. The maximum Gasteiger partial charge on any atom is 0.324 e. The molecule has 0 spiro atoms. The molecule has 1 aliphatic carbocycles. The van der Waals surface area contributed by atoms with E-state index in [1.165, 1.54) is 0 Å². The lowest BCUT2D eigenvalue weighted by Gasteiger charge is -2.30. The molecule has 0 radical (unpaired) electrons. The number of carboxylic acid groups (broad SMARTS) is 1. The van der Waals surface area contributed by atoms with Crippen molar-refractivity contribution in [3.8, 4) is 5.75 Å². The van der Waals surface area contributed by atoms with Gasteiger partial charge in [-0.05, 0) is 43.4 Å². The van der Waals surface area contributed by atoms with Crippen LogP contribution in [-0.4, -0.2) is 48.0 Å². The molecule has 2 heterocycles. The van der Waals surface area contributed by atoms with Crippen molar-refractivity contribution in [3.05, 3.63) is 35.2 Å². The second-order valence-electron chi connectivity index (χ2n) is 8.48. The Bertz CT molecular complexity index is 922. The third-order valence-corrected chi connectivity index (χ3v) is 6.32. The summed E-state index contributed by atoms with van der Waals surface area (Å²) in [7, 11) is 1.59. The number of piperidine rings is 1. The summed E-state index contributed by atoms with van der Waals surface area (Å²) in [6.07, 6.45) is 3.40. The van der Waals surface area contributed by atoms with Gasteiger partial charge >= 0.3 is 12.0 Å². The Morgan fingerprint density at radius 3 is 2.66 bits per heavy atom. The summed E-state index contributed by atoms with van der Waals surface area (Å²) in [6, 6.07) is 2.65. The number of halogens is 2. The number of benzene rings is 1. The molecule has 1 saturated heterocycles. The first kappa shape index (κ1) is 22.4. The summed E-state index contributed by atoms with van der Waals surface area (Å²) in [4.78, 5) is 17.2. The minimum absolute atomic E-state index is 0.0899. The summed E-state index contributed by atoms with van der Waals surface area (Å²) < 4.78 is 43.8. The lowest BCUT2D eigenvalue weighted by molar-refractivity contribution is -0.136. The van der Waals surface area contributed by atoms with Crippen molar-refractivity contribution < 1.29 is 32.7 Å². The molecule has 0 bridgehead atoms. The fraction of sp³-hybridized carbons (Fsp3) is 0.591. The first-order valence-corrected chi connectivity index (χ1v) is 10.8. The summed E-state index contributed by atoms with van der Waals surface area (Å²) in [5, 5.41) is 12.6. The third-order valence-electron chi connectivity index (χ3n) is 6.32. The van der Waals surface area contributed by atoms with Crippen LogP contribution in [0.15, 0.2) is 16.7 Å². The zero-order chi connectivity index (χ0) is 22.7. The number of aromatic nitrogens is 2. The van der Waals surface area contributed by atoms with E-state index in [0.29, 0.717) is 42.8 Å². The topological polar surface area (TPSA) is 97.9 Å².